The first-order valence-electron chi connectivity index (χ1n) is 6.22. The molecule has 0 aliphatic carbocycles. The summed E-state index contributed by atoms with van der Waals surface area (Å²) in [5.41, 5.74) is 0.505. The maximum Gasteiger partial charge on any atom is 0.00328 e. The SMILES string of the molecule is CC(C)CC(C)(C)CN1CCCCC1. The van der Waals surface area contributed by atoms with Crippen LogP contribution >= 0.6 is 0 Å². The van der Waals surface area contributed by atoms with Crippen LogP contribution in [0.1, 0.15) is 53.4 Å². The van der Waals surface area contributed by atoms with Crippen molar-refractivity contribution in [3.8, 4) is 0 Å². The summed E-state index contributed by atoms with van der Waals surface area (Å²) in [6.45, 7) is 13.5. The number of likely N-dealkylation sites (tertiary alicyclic amines) is 1. The smallest absolute Gasteiger partial charge is 0.00328 e. The summed E-state index contributed by atoms with van der Waals surface area (Å²) in [5.74, 6) is 0.829. The number of piperidine rings is 1. The summed E-state index contributed by atoms with van der Waals surface area (Å²) < 4.78 is 0. The second-order valence-corrected chi connectivity index (χ2v) is 6.10. The van der Waals surface area contributed by atoms with Crippen LogP contribution in [0.4, 0.5) is 0 Å². The molecule has 1 aliphatic rings. The third-order valence-electron chi connectivity index (χ3n) is 3.06. The molecule has 0 radical (unpaired) electrons. The standard InChI is InChI=1S/C13H27N/c1-12(2)10-13(3,4)11-14-8-6-5-7-9-14/h12H,5-11H2,1-4H3. The lowest BCUT2D eigenvalue weighted by Crippen LogP contribution is -2.38. The van der Waals surface area contributed by atoms with Gasteiger partial charge in [0.2, 0.25) is 0 Å². The highest BCUT2D eigenvalue weighted by molar-refractivity contribution is 4.76. The molecule has 1 saturated heterocycles. The van der Waals surface area contributed by atoms with E-state index in [4.69, 9.17) is 0 Å². The maximum absolute atomic E-state index is 2.66. The van der Waals surface area contributed by atoms with E-state index in [1.807, 2.05) is 0 Å². The van der Waals surface area contributed by atoms with Crippen LogP contribution in [0.25, 0.3) is 0 Å². The van der Waals surface area contributed by atoms with Crippen molar-refractivity contribution in [2.24, 2.45) is 11.3 Å². The van der Waals surface area contributed by atoms with Crippen molar-refractivity contribution in [1.29, 1.82) is 0 Å². The van der Waals surface area contributed by atoms with Crippen LogP contribution in [-0.4, -0.2) is 24.5 Å². The summed E-state index contributed by atoms with van der Waals surface area (Å²) in [6, 6.07) is 0. The molecule has 0 amide bonds. The predicted molar refractivity (Wildman–Crippen MR) is 63.5 cm³/mol. The molecule has 0 saturated carbocycles. The first kappa shape index (κ1) is 12.0. The molecule has 0 atom stereocenters. The Morgan fingerprint density at radius 3 is 2.14 bits per heavy atom. The monoisotopic (exact) mass is 197 g/mol. The van der Waals surface area contributed by atoms with Gasteiger partial charge >= 0.3 is 0 Å². The van der Waals surface area contributed by atoms with Crippen molar-refractivity contribution in [3.63, 3.8) is 0 Å². The van der Waals surface area contributed by atoms with Gasteiger partial charge in [0.25, 0.3) is 0 Å². The molecule has 0 aromatic carbocycles. The third-order valence-corrected chi connectivity index (χ3v) is 3.06. The fraction of sp³-hybridized carbons (Fsp3) is 1.00. The molecule has 84 valence electrons. The fourth-order valence-corrected chi connectivity index (χ4v) is 2.89. The zero-order valence-electron chi connectivity index (χ0n) is 10.5. The van der Waals surface area contributed by atoms with Crippen molar-refractivity contribution in [3.05, 3.63) is 0 Å². The van der Waals surface area contributed by atoms with E-state index in [9.17, 15) is 0 Å². The molecule has 1 fully saturated rings. The van der Waals surface area contributed by atoms with Gasteiger partial charge in [-0.3, -0.25) is 0 Å². The van der Waals surface area contributed by atoms with Crippen molar-refractivity contribution >= 4 is 0 Å². The zero-order chi connectivity index (χ0) is 10.6. The van der Waals surface area contributed by atoms with E-state index in [0.29, 0.717) is 5.41 Å². The lowest BCUT2D eigenvalue weighted by molar-refractivity contribution is 0.135. The average molecular weight is 197 g/mol. The van der Waals surface area contributed by atoms with E-state index >= 15 is 0 Å². The van der Waals surface area contributed by atoms with Crippen LogP contribution in [0.3, 0.4) is 0 Å². The fourth-order valence-electron chi connectivity index (χ4n) is 2.89. The molecule has 1 rings (SSSR count). The van der Waals surface area contributed by atoms with Crippen LogP contribution in [0.2, 0.25) is 0 Å². The summed E-state index contributed by atoms with van der Waals surface area (Å²) >= 11 is 0. The Balaban J connectivity index is 2.32. The largest absolute Gasteiger partial charge is 0.303 e. The minimum absolute atomic E-state index is 0.505. The average Bonchev–Trinajstić information content (AvgIpc) is 2.02. The summed E-state index contributed by atoms with van der Waals surface area (Å²) in [7, 11) is 0. The van der Waals surface area contributed by atoms with Crippen molar-refractivity contribution in [2.45, 2.75) is 53.4 Å². The van der Waals surface area contributed by atoms with Gasteiger partial charge in [-0.1, -0.05) is 34.1 Å². The molecule has 1 nitrogen and oxygen atoms in total. The highest BCUT2D eigenvalue weighted by Crippen LogP contribution is 2.27. The van der Waals surface area contributed by atoms with E-state index in [0.717, 1.165) is 5.92 Å². The number of rotatable bonds is 4. The Morgan fingerprint density at radius 1 is 1.07 bits per heavy atom. The lowest BCUT2D eigenvalue weighted by Gasteiger charge is -2.35. The van der Waals surface area contributed by atoms with Gasteiger partial charge < -0.3 is 4.90 Å². The van der Waals surface area contributed by atoms with Crippen LogP contribution in [0.15, 0.2) is 0 Å². The molecule has 0 aromatic heterocycles. The lowest BCUT2D eigenvalue weighted by atomic mass is 9.83. The quantitative estimate of drug-likeness (QED) is 0.666. The van der Waals surface area contributed by atoms with Gasteiger partial charge in [0.1, 0.15) is 0 Å². The Labute approximate surface area is 89.9 Å². The Hall–Kier alpha value is -0.0400. The van der Waals surface area contributed by atoms with Gasteiger partial charge in [-0.15, -0.1) is 0 Å². The van der Waals surface area contributed by atoms with Gasteiger partial charge in [-0.25, -0.2) is 0 Å². The van der Waals surface area contributed by atoms with Gasteiger partial charge in [0.15, 0.2) is 0 Å². The van der Waals surface area contributed by atoms with Gasteiger partial charge in [-0.2, -0.15) is 0 Å². The number of hydrogen-bond donors (Lipinski definition) is 0. The second kappa shape index (κ2) is 5.16. The van der Waals surface area contributed by atoms with Crippen molar-refractivity contribution < 1.29 is 0 Å². The van der Waals surface area contributed by atoms with E-state index in [1.165, 1.54) is 45.3 Å². The molecular weight excluding hydrogens is 170 g/mol. The summed E-state index contributed by atoms with van der Waals surface area (Å²) in [5, 5.41) is 0. The molecular formula is C13H27N. The molecule has 1 aliphatic heterocycles. The molecule has 1 heterocycles. The number of hydrogen-bond acceptors (Lipinski definition) is 1. The molecule has 0 spiro atoms. The molecule has 1 heteroatoms. The van der Waals surface area contributed by atoms with Crippen LogP contribution in [0, 0.1) is 11.3 Å². The van der Waals surface area contributed by atoms with Crippen molar-refractivity contribution in [1.82, 2.24) is 4.90 Å². The predicted octanol–water partition coefficient (Wildman–Crippen LogP) is 3.54. The third kappa shape index (κ3) is 4.45. The molecule has 14 heavy (non-hydrogen) atoms. The van der Waals surface area contributed by atoms with Crippen LogP contribution in [-0.2, 0) is 0 Å². The highest BCUT2D eigenvalue weighted by Gasteiger charge is 2.23. The minimum atomic E-state index is 0.505. The van der Waals surface area contributed by atoms with Crippen LogP contribution in [0.5, 0.6) is 0 Å². The molecule has 0 bridgehead atoms. The Kier molecular flexibility index (Phi) is 4.43. The summed E-state index contributed by atoms with van der Waals surface area (Å²) in [6.07, 6.45) is 5.63. The normalized spacial score (nSPS) is 20.4. The minimum Gasteiger partial charge on any atom is -0.303 e. The first-order chi connectivity index (χ1) is 6.49. The highest BCUT2D eigenvalue weighted by atomic mass is 15.1. The van der Waals surface area contributed by atoms with Gasteiger partial charge in [0.05, 0.1) is 0 Å². The molecule has 0 N–H and O–H groups in total. The number of nitrogens with zero attached hydrogens (tertiary/aromatic N) is 1. The Morgan fingerprint density at radius 2 is 1.64 bits per heavy atom. The maximum atomic E-state index is 2.66. The molecule has 0 aromatic rings. The van der Waals surface area contributed by atoms with E-state index in [1.54, 1.807) is 0 Å². The van der Waals surface area contributed by atoms with Gasteiger partial charge in [-0.05, 0) is 43.7 Å². The van der Waals surface area contributed by atoms with E-state index in [2.05, 4.69) is 32.6 Å². The van der Waals surface area contributed by atoms with E-state index < -0.39 is 0 Å². The topological polar surface area (TPSA) is 3.24 Å². The van der Waals surface area contributed by atoms with E-state index in [-0.39, 0.29) is 0 Å². The zero-order valence-corrected chi connectivity index (χ0v) is 10.5. The molecule has 0 unspecified atom stereocenters. The summed E-state index contributed by atoms with van der Waals surface area (Å²) in [4.78, 5) is 2.66. The van der Waals surface area contributed by atoms with Crippen LogP contribution < -0.4 is 0 Å². The Bertz CT molecular complexity index is 155. The van der Waals surface area contributed by atoms with Gasteiger partial charge in [0, 0.05) is 6.54 Å². The first-order valence-corrected chi connectivity index (χ1v) is 6.22. The van der Waals surface area contributed by atoms with Crippen molar-refractivity contribution in [2.75, 3.05) is 19.6 Å². The second-order valence-electron chi connectivity index (χ2n) is 6.10.